The van der Waals surface area contributed by atoms with Crippen LogP contribution in [0.3, 0.4) is 0 Å². The quantitative estimate of drug-likeness (QED) is 0.517. The lowest BCUT2D eigenvalue weighted by atomic mass is 9.45. The van der Waals surface area contributed by atoms with Crippen LogP contribution in [0.5, 0.6) is 0 Å². The summed E-state index contributed by atoms with van der Waals surface area (Å²) in [6.07, 6.45) is -0.390. The number of halogens is 3. The molecule has 7 heteroatoms. The third kappa shape index (κ3) is 3.46. The summed E-state index contributed by atoms with van der Waals surface area (Å²) in [6.45, 7) is 2.90. The Bertz CT molecular complexity index is 504. The largest absolute Gasteiger partial charge is 0.465 e. The Balaban J connectivity index is 2.00. The molecule has 4 rings (SSSR count). The zero-order chi connectivity index (χ0) is 19.1. The molecule has 1 atom stereocenters. The molecule has 0 aliphatic heterocycles. The molecule has 0 radical (unpaired) electrons. The van der Waals surface area contributed by atoms with Gasteiger partial charge in [0.05, 0.1) is 19.1 Å². The van der Waals surface area contributed by atoms with E-state index in [9.17, 15) is 22.8 Å². The maximum atomic E-state index is 14.3. The van der Waals surface area contributed by atoms with Crippen molar-refractivity contribution in [2.75, 3.05) is 13.2 Å². The summed E-state index contributed by atoms with van der Waals surface area (Å²) in [4.78, 5) is 24.8. The fourth-order valence-corrected chi connectivity index (χ4v) is 6.28. The SMILES string of the molecule is CCOC(=O)C(C(=O)OCC)[C@H](C(F)(F)F)C12CC3CC(CC(C3)C1)C2. The zero-order valence-electron chi connectivity index (χ0n) is 15.3. The minimum absolute atomic E-state index is 0.0693. The number of carbonyl (C=O) groups is 2. The highest BCUT2D eigenvalue weighted by atomic mass is 19.4. The van der Waals surface area contributed by atoms with Crippen molar-refractivity contribution in [2.45, 2.75) is 58.5 Å². The van der Waals surface area contributed by atoms with Crippen molar-refractivity contribution in [2.24, 2.45) is 35.0 Å². The van der Waals surface area contributed by atoms with Crippen LogP contribution >= 0.6 is 0 Å². The second-order valence-electron chi connectivity index (χ2n) is 8.28. The molecule has 0 aromatic heterocycles. The minimum Gasteiger partial charge on any atom is -0.465 e. The van der Waals surface area contributed by atoms with Gasteiger partial charge >= 0.3 is 18.1 Å². The third-order valence-corrected chi connectivity index (χ3v) is 6.51. The summed E-state index contributed by atoms with van der Waals surface area (Å²) < 4.78 is 52.5. The van der Waals surface area contributed by atoms with Crippen molar-refractivity contribution in [3.8, 4) is 0 Å². The van der Waals surface area contributed by atoms with Crippen molar-refractivity contribution in [3.63, 3.8) is 0 Å². The first-order valence-electron chi connectivity index (χ1n) is 9.60. The molecule has 0 heterocycles. The van der Waals surface area contributed by atoms with Crippen LogP contribution in [0.25, 0.3) is 0 Å². The Morgan fingerprint density at radius 1 is 0.923 bits per heavy atom. The van der Waals surface area contributed by atoms with Crippen LogP contribution in [-0.4, -0.2) is 31.3 Å². The molecule has 4 fully saturated rings. The number of hydrogen-bond donors (Lipinski definition) is 0. The van der Waals surface area contributed by atoms with Gasteiger partial charge in [-0.15, -0.1) is 0 Å². The maximum Gasteiger partial charge on any atom is 0.393 e. The van der Waals surface area contributed by atoms with E-state index in [-0.39, 0.29) is 31.0 Å². The third-order valence-electron chi connectivity index (χ3n) is 6.51. The van der Waals surface area contributed by atoms with E-state index in [4.69, 9.17) is 9.47 Å². The molecule has 0 amide bonds. The van der Waals surface area contributed by atoms with Crippen LogP contribution < -0.4 is 0 Å². The van der Waals surface area contributed by atoms with Crippen LogP contribution in [-0.2, 0) is 19.1 Å². The van der Waals surface area contributed by atoms with Crippen molar-refractivity contribution in [3.05, 3.63) is 0 Å². The molecule has 4 saturated carbocycles. The molecule has 4 nitrogen and oxygen atoms in total. The average molecular weight is 376 g/mol. The lowest BCUT2D eigenvalue weighted by Crippen LogP contribution is -2.57. The number of esters is 2. The molecule has 4 aliphatic carbocycles. The summed E-state index contributed by atoms with van der Waals surface area (Å²) in [6, 6.07) is 0. The molecule has 0 unspecified atom stereocenters. The first-order chi connectivity index (χ1) is 12.2. The van der Waals surface area contributed by atoms with E-state index in [2.05, 4.69) is 0 Å². The molecule has 0 saturated heterocycles. The lowest BCUT2D eigenvalue weighted by Gasteiger charge is -2.60. The number of alkyl halides is 3. The molecule has 4 bridgehead atoms. The van der Waals surface area contributed by atoms with Gasteiger partial charge in [0.25, 0.3) is 0 Å². The topological polar surface area (TPSA) is 52.6 Å². The summed E-state index contributed by atoms with van der Waals surface area (Å²) >= 11 is 0. The predicted molar refractivity (Wildman–Crippen MR) is 86.9 cm³/mol. The molecular formula is C19H27F3O4. The van der Waals surface area contributed by atoms with Gasteiger partial charge in [0, 0.05) is 0 Å². The van der Waals surface area contributed by atoms with Crippen molar-refractivity contribution in [1.82, 2.24) is 0 Å². The number of carbonyl (C=O) groups excluding carboxylic acids is 2. The summed E-state index contributed by atoms with van der Waals surface area (Å²) in [5.74, 6) is -5.34. The molecule has 0 aromatic carbocycles. The van der Waals surface area contributed by atoms with Crippen molar-refractivity contribution < 1.29 is 32.2 Å². The Kier molecular flexibility index (Phi) is 5.28. The van der Waals surface area contributed by atoms with Crippen LogP contribution in [0.15, 0.2) is 0 Å². The van der Waals surface area contributed by atoms with Crippen LogP contribution in [0.2, 0.25) is 0 Å². The minimum atomic E-state index is -4.66. The molecule has 26 heavy (non-hydrogen) atoms. The second-order valence-corrected chi connectivity index (χ2v) is 8.28. The first kappa shape index (κ1) is 19.5. The molecule has 148 valence electrons. The monoisotopic (exact) mass is 376 g/mol. The average Bonchev–Trinajstić information content (AvgIpc) is 2.50. The predicted octanol–water partition coefficient (Wildman–Crippen LogP) is 4.12. The van der Waals surface area contributed by atoms with Gasteiger partial charge in [0.15, 0.2) is 5.92 Å². The van der Waals surface area contributed by atoms with E-state index in [1.165, 1.54) is 13.8 Å². The summed E-state index contributed by atoms with van der Waals surface area (Å²) in [7, 11) is 0. The Labute approximate surface area is 151 Å². The molecule has 0 spiro atoms. The molecule has 0 N–H and O–H groups in total. The molecule has 4 aliphatic rings. The van der Waals surface area contributed by atoms with Gasteiger partial charge in [0.2, 0.25) is 0 Å². The number of hydrogen-bond acceptors (Lipinski definition) is 4. The van der Waals surface area contributed by atoms with Gasteiger partial charge in [-0.05, 0) is 75.5 Å². The summed E-state index contributed by atoms with van der Waals surface area (Å²) in [5.41, 5.74) is -1.04. The highest BCUT2D eigenvalue weighted by molar-refractivity contribution is 5.95. The first-order valence-corrected chi connectivity index (χ1v) is 9.60. The van der Waals surface area contributed by atoms with Gasteiger partial charge in [-0.2, -0.15) is 13.2 Å². The lowest BCUT2D eigenvalue weighted by molar-refractivity contribution is -0.255. The highest BCUT2D eigenvalue weighted by Gasteiger charge is 2.66. The van der Waals surface area contributed by atoms with E-state index in [1.54, 1.807) is 0 Å². The van der Waals surface area contributed by atoms with Crippen molar-refractivity contribution >= 4 is 11.9 Å². The molecule has 0 aromatic rings. The Morgan fingerprint density at radius 2 is 1.31 bits per heavy atom. The van der Waals surface area contributed by atoms with E-state index in [1.807, 2.05) is 0 Å². The van der Waals surface area contributed by atoms with Crippen LogP contribution in [0.4, 0.5) is 13.2 Å². The number of rotatable bonds is 6. The van der Waals surface area contributed by atoms with E-state index in [0.717, 1.165) is 19.3 Å². The molecular weight excluding hydrogens is 349 g/mol. The maximum absolute atomic E-state index is 14.3. The Hall–Kier alpha value is -1.27. The normalized spacial score (nSPS) is 34.0. The fraction of sp³-hybridized carbons (Fsp3) is 0.895. The summed E-state index contributed by atoms with van der Waals surface area (Å²) in [5, 5.41) is 0. The van der Waals surface area contributed by atoms with E-state index in [0.29, 0.717) is 19.3 Å². The van der Waals surface area contributed by atoms with Gasteiger partial charge in [0.1, 0.15) is 0 Å². The standard InChI is InChI=1S/C19H27F3O4/c1-3-25-16(23)14(17(24)26-4-2)15(19(20,21)22)18-8-11-5-12(9-18)7-13(6-11)10-18/h11-15H,3-10H2,1-2H3/t11?,12?,13?,15-,18?/m0/s1. The van der Waals surface area contributed by atoms with Gasteiger partial charge in [-0.25, -0.2) is 0 Å². The van der Waals surface area contributed by atoms with E-state index >= 15 is 0 Å². The van der Waals surface area contributed by atoms with Gasteiger partial charge < -0.3 is 9.47 Å². The van der Waals surface area contributed by atoms with Gasteiger partial charge in [-0.3, -0.25) is 9.59 Å². The Morgan fingerprint density at radius 3 is 1.62 bits per heavy atom. The second kappa shape index (κ2) is 7.04. The van der Waals surface area contributed by atoms with Crippen LogP contribution in [0.1, 0.15) is 52.4 Å². The van der Waals surface area contributed by atoms with Crippen molar-refractivity contribution in [1.29, 1.82) is 0 Å². The zero-order valence-corrected chi connectivity index (χ0v) is 15.3. The smallest absolute Gasteiger partial charge is 0.393 e. The number of ether oxygens (including phenoxy) is 2. The van der Waals surface area contributed by atoms with Crippen LogP contribution in [0, 0.1) is 35.0 Å². The van der Waals surface area contributed by atoms with Gasteiger partial charge in [-0.1, -0.05) is 0 Å². The van der Waals surface area contributed by atoms with E-state index < -0.39 is 35.4 Å². The highest BCUT2D eigenvalue weighted by Crippen LogP contribution is 2.66. The fourth-order valence-electron chi connectivity index (χ4n) is 6.28.